The quantitative estimate of drug-likeness (QED) is 0.218. The van der Waals surface area contributed by atoms with Crippen LogP contribution in [0.1, 0.15) is 55.2 Å². The van der Waals surface area contributed by atoms with Gasteiger partial charge in [-0.15, -0.1) is 0 Å². The van der Waals surface area contributed by atoms with Crippen molar-refractivity contribution in [2.24, 2.45) is 0 Å². The van der Waals surface area contributed by atoms with E-state index in [2.05, 4.69) is 5.32 Å². The summed E-state index contributed by atoms with van der Waals surface area (Å²) in [6, 6.07) is 8.59. The maximum Gasteiger partial charge on any atom is 0.418 e. The Hall–Kier alpha value is -4.77. The van der Waals surface area contributed by atoms with Crippen molar-refractivity contribution in [1.29, 1.82) is 0 Å². The second-order valence-corrected chi connectivity index (χ2v) is 15.3. The van der Waals surface area contributed by atoms with E-state index in [1.165, 1.54) is 34.9 Å². The summed E-state index contributed by atoms with van der Waals surface area (Å²) in [4.78, 5) is 73.7. The molecule has 4 heterocycles. The number of urea groups is 1. The minimum absolute atomic E-state index is 0.00938. The number of halogens is 4. The summed E-state index contributed by atoms with van der Waals surface area (Å²) in [5, 5.41) is 2.62. The van der Waals surface area contributed by atoms with Crippen LogP contribution in [-0.4, -0.2) is 132 Å². The molecule has 18 heteroatoms. The molecule has 3 fully saturated rings. The molecule has 0 aliphatic carbocycles. The number of anilines is 2. The summed E-state index contributed by atoms with van der Waals surface area (Å²) in [5.41, 5.74) is 5.66. The van der Waals surface area contributed by atoms with Gasteiger partial charge in [-0.1, -0.05) is 29.8 Å². The molecule has 6 rings (SSSR count). The van der Waals surface area contributed by atoms with E-state index >= 15 is 0 Å². The number of alkyl halides is 3. The third-order valence-electron chi connectivity index (χ3n) is 11.1. The Labute approximate surface area is 327 Å². The number of carbonyl (C=O) groups excluding carboxylic acids is 5. The van der Waals surface area contributed by atoms with Crippen LogP contribution in [0.4, 0.5) is 38.9 Å². The maximum atomic E-state index is 14.1. The molecule has 2 atom stereocenters. The Morgan fingerprint density at radius 3 is 2.29 bits per heavy atom. The topological polar surface area (TPSA) is 158 Å². The zero-order valence-corrected chi connectivity index (χ0v) is 32.1. The molecule has 2 aromatic rings. The summed E-state index contributed by atoms with van der Waals surface area (Å²) in [7, 11) is 2.96. The largest absolute Gasteiger partial charge is 0.436 e. The van der Waals surface area contributed by atoms with Gasteiger partial charge in [-0.05, 0) is 80.8 Å². The fourth-order valence-electron chi connectivity index (χ4n) is 8.06. The number of ether oxygens (including phenoxy) is 2. The standard InChI is InChI=1S/C38H47ClF3N7O7/c1-45(2)36(53)56-34(51)30-8-5-14-48(30)25-10-15-46(16-11-25)33(50)31(22-23-20-27(38(40,41)42)32(43)28(39)21-23)55-37(54)47-17-12-26(13-18-47)49-19-9-24-6-3-4-7-29(24)44-35(49)52/h3-4,6-7,20-21,25-26,30-31H,5,8-19,22,43H2,1-2H3,(H,44,52)/t30-,31+/m0/s1. The van der Waals surface area contributed by atoms with Gasteiger partial charge in [0.1, 0.15) is 6.04 Å². The third kappa shape index (κ3) is 9.26. The Balaban J connectivity index is 1.12. The highest BCUT2D eigenvalue weighted by molar-refractivity contribution is 6.33. The Kier molecular flexibility index (Phi) is 12.5. The van der Waals surface area contributed by atoms with Gasteiger partial charge in [0, 0.05) is 71.0 Å². The van der Waals surface area contributed by atoms with E-state index in [1.54, 1.807) is 4.90 Å². The van der Waals surface area contributed by atoms with Gasteiger partial charge < -0.3 is 40.1 Å². The summed E-state index contributed by atoms with van der Waals surface area (Å²) >= 11 is 6.12. The number of esters is 1. The van der Waals surface area contributed by atoms with Crippen LogP contribution in [-0.2, 0) is 38.1 Å². The molecular formula is C38H47ClF3N7O7. The summed E-state index contributed by atoms with van der Waals surface area (Å²) in [6.45, 7) is 2.05. The minimum atomic E-state index is -4.82. The number of nitrogens with one attached hydrogen (secondary N) is 1. The molecule has 4 aliphatic heterocycles. The highest BCUT2D eigenvalue weighted by Crippen LogP contribution is 2.38. The lowest BCUT2D eigenvalue weighted by Crippen LogP contribution is -2.53. The van der Waals surface area contributed by atoms with E-state index in [9.17, 15) is 37.1 Å². The number of amides is 5. The second-order valence-electron chi connectivity index (χ2n) is 14.9. The fourth-order valence-corrected chi connectivity index (χ4v) is 8.30. The number of para-hydroxylation sites is 1. The molecule has 2 aromatic carbocycles. The van der Waals surface area contributed by atoms with Crippen LogP contribution in [0, 0.1) is 0 Å². The van der Waals surface area contributed by atoms with E-state index in [-0.39, 0.29) is 54.9 Å². The van der Waals surface area contributed by atoms with Crippen molar-refractivity contribution in [3.8, 4) is 0 Å². The van der Waals surface area contributed by atoms with Crippen LogP contribution < -0.4 is 11.1 Å². The lowest BCUT2D eigenvalue weighted by Gasteiger charge is -2.40. The van der Waals surface area contributed by atoms with Crippen molar-refractivity contribution in [2.75, 3.05) is 64.4 Å². The van der Waals surface area contributed by atoms with Gasteiger partial charge in [0.15, 0.2) is 6.10 Å². The molecule has 4 aliphatic rings. The number of nitrogens with two attached hydrogens (primary N) is 1. The van der Waals surface area contributed by atoms with Crippen molar-refractivity contribution in [3.63, 3.8) is 0 Å². The van der Waals surface area contributed by atoms with Crippen molar-refractivity contribution in [1.82, 2.24) is 24.5 Å². The Morgan fingerprint density at radius 2 is 1.61 bits per heavy atom. The Morgan fingerprint density at radius 1 is 0.946 bits per heavy atom. The molecule has 0 unspecified atom stereocenters. The van der Waals surface area contributed by atoms with E-state index in [1.807, 2.05) is 29.2 Å². The molecule has 3 saturated heterocycles. The normalized spacial score (nSPS) is 20.5. The predicted molar refractivity (Wildman–Crippen MR) is 200 cm³/mol. The van der Waals surface area contributed by atoms with Crippen LogP contribution in [0.25, 0.3) is 0 Å². The summed E-state index contributed by atoms with van der Waals surface area (Å²) in [6.07, 6.45) is -4.47. The highest BCUT2D eigenvalue weighted by atomic mass is 35.5. The Bertz CT molecular complexity index is 1820. The SMILES string of the molecule is CN(C)C(=O)OC(=O)[C@@H]1CCCN1C1CCN(C(=O)[C@@H](Cc2cc(Cl)c(N)c(C(F)(F)F)c2)OC(=O)N2CCC(N3CCc4ccccc4NC3=O)CC2)CC1. The predicted octanol–water partition coefficient (Wildman–Crippen LogP) is 5.22. The van der Waals surface area contributed by atoms with Crippen LogP contribution >= 0.6 is 11.6 Å². The van der Waals surface area contributed by atoms with Gasteiger partial charge >= 0.3 is 30.4 Å². The van der Waals surface area contributed by atoms with Crippen molar-refractivity contribution in [3.05, 3.63) is 58.1 Å². The fraction of sp³-hybridized carbons (Fsp3) is 0.553. The maximum absolute atomic E-state index is 14.1. The van der Waals surface area contributed by atoms with Crippen molar-refractivity contribution >= 4 is 53.1 Å². The van der Waals surface area contributed by atoms with Crippen LogP contribution in [0.15, 0.2) is 36.4 Å². The smallest absolute Gasteiger partial charge is 0.418 e. The molecular weight excluding hydrogens is 759 g/mol. The lowest BCUT2D eigenvalue weighted by atomic mass is 9.99. The summed E-state index contributed by atoms with van der Waals surface area (Å²) in [5.74, 6) is -1.21. The molecule has 0 spiro atoms. The monoisotopic (exact) mass is 805 g/mol. The molecule has 3 N–H and O–H groups in total. The first-order chi connectivity index (χ1) is 26.6. The number of fused-ring (bicyclic) bond motifs is 1. The lowest BCUT2D eigenvalue weighted by molar-refractivity contribution is -0.146. The molecule has 0 radical (unpaired) electrons. The molecule has 0 bridgehead atoms. The number of nitrogen functional groups attached to an aromatic ring is 1. The first-order valence-corrected chi connectivity index (χ1v) is 19.2. The number of benzene rings is 2. The third-order valence-corrected chi connectivity index (χ3v) is 11.4. The van der Waals surface area contributed by atoms with Gasteiger partial charge in [0.25, 0.3) is 5.91 Å². The molecule has 14 nitrogen and oxygen atoms in total. The minimum Gasteiger partial charge on any atom is -0.436 e. The van der Waals surface area contributed by atoms with Crippen LogP contribution in [0.5, 0.6) is 0 Å². The first kappa shape index (κ1) is 40.9. The average molecular weight is 806 g/mol. The van der Waals surface area contributed by atoms with Gasteiger partial charge in [-0.25, -0.2) is 19.2 Å². The number of piperidine rings is 2. The van der Waals surface area contributed by atoms with E-state index in [4.69, 9.17) is 26.8 Å². The van der Waals surface area contributed by atoms with Crippen molar-refractivity contribution in [2.45, 2.75) is 81.8 Å². The molecule has 5 amide bonds. The van der Waals surface area contributed by atoms with Crippen molar-refractivity contribution < 1.29 is 46.6 Å². The number of likely N-dealkylation sites (tertiary alicyclic amines) is 3. The number of rotatable bonds is 7. The van der Waals surface area contributed by atoms with Gasteiger partial charge in [-0.2, -0.15) is 13.2 Å². The van der Waals surface area contributed by atoms with Gasteiger partial charge in [0.05, 0.1) is 16.3 Å². The van der Waals surface area contributed by atoms with Crippen LogP contribution in [0.2, 0.25) is 5.02 Å². The number of carbonyl (C=O) groups is 5. The second kappa shape index (κ2) is 17.2. The van der Waals surface area contributed by atoms with E-state index < -0.39 is 60.1 Å². The van der Waals surface area contributed by atoms with Gasteiger partial charge in [-0.3, -0.25) is 9.69 Å². The summed E-state index contributed by atoms with van der Waals surface area (Å²) < 4.78 is 52.5. The first-order valence-electron chi connectivity index (χ1n) is 18.8. The van der Waals surface area contributed by atoms with Crippen LogP contribution in [0.3, 0.4) is 0 Å². The van der Waals surface area contributed by atoms with Gasteiger partial charge in [0.2, 0.25) is 0 Å². The van der Waals surface area contributed by atoms with E-state index in [0.717, 1.165) is 23.7 Å². The number of nitrogens with zero attached hydrogens (tertiary/aromatic N) is 5. The highest BCUT2D eigenvalue weighted by Gasteiger charge is 2.41. The molecule has 0 saturated carbocycles. The zero-order valence-electron chi connectivity index (χ0n) is 31.4. The average Bonchev–Trinajstić information content (AvgIpc) is 3.60. The number of hydrogen-bond acceptors (Lipinski definition) is 9. The molecule has 304 valence electrons. The van der Waals surface area contributed by atoms with E-state index in [0.29, 0.717) is 51.6 Å². The molecule has 0 aromatic heterocycles. The number of hydrogen-bond donors (Lipinski definition) is 2. The zero-order chi connectivity index (χ0) is 40.3. The molecule has 56 heavy (non-hydrogen) atoms.